The summed E-state index contributed by atoms with van der Waals surface area (Å²) in [5, 5.41) is 7.32. The fraction of sp³-hybridized carbons (Fsp3) is 0.706. The summed E-state index contributed by atoms with van der Waals surface area (Å²) >= 11 is 0. The highest BCUT2D eigenvalue weighted by Crippen LogP contribution is 2.20. The molecular formula is C17H26N4O6. The van der Waals surface area contributed by atoms with Crippen molar-refractivity contribution in [3.63, 3.8) is 0 Å². The van der Waals surface area contributed by atoms with Crippen LogP contribution in [0.15, 0.2) is 0 Å². The standard InChI is InChI=1S/C17H26N4O6/c1-4-17(3)14(24)21(16(26)20-17)9-12(22)27-10(2)13(23)19-15(25)18-11-7-5-6-8-11/h10-11H,4-9H2,1-3H3,(H,20,26)(H2,18,19,23,25)/t10-,17-/m1/s1. The van der Waals surface area contributed by atoms with Crippen molar-refractivity contribution in [2.75, 3.05) is 6.54 Å². The van der Waals surface area contributed by atoms with Gasteiger partial charge in [-0.2, -0.15) is 0 Å². The van der Waals surface area contributed by atoms with Gasteiger partial charge in [0.25, 0.3) is 11.8 Å². The van der Waals surface area contributed by atoms with Gasteiger partial charge in [0.1, 0.15) is 12.1 Å². The van der Waals surface area contributed by atoms with Crippen molar-refractivity contribution in [3.05, 3.63) is 0 Å². The van der Waals surface area contributed by atoms with Crippen LogP contribution in [0.25, 0.3) is 0 Å². The molecule has 10 nitrogen and oxygen atoms in total. The molecule has 1 saturated carbocycles. The van der Waals surface area contributed by atoms with Gasteiger partial charge in [-0.05, 0) is 33.1 Å². The van der Waals surface area contributed by atoms with Gasteiger partial charge in [-0.1, -0.05) is 19.8 Å². The Bertz CT molecular complexity index is 645. The molecule has 0 radical (unpaired) electrons. The number of carbonyl (C=O) groups excluding carboxylic acids is 5. The Kier molecular flexibility index (Phi) is 6.40. The normalized spacial score (nSPS) is 23.7. The van der Waals surface area contributed by atoms with E-state index in [1.807, 2.05) is 0 Å². The monoisotopic (exact) mass is 382 g/mol. The van der Waals surface area contributed by atoms with Crippen LogP contribution < -0.4 is 16.0 Å². The number of esters is 1. The molecule has 0 aromatic heterocycles. The van der Waals surface area contributed by atoms with Crippen LogP contribution in [-0.2, 0) is 19.1 Å². The number of nitrogens with zero attached hydrogens (tertiary/aromatic N) is 1. The second-order valence-corrected chi connectivity index (χ2v) is 7.08. The van der Waals surface area contributed by atoms with E-state index in [0.717, 1.165) is 30.6 Å². The predicted molar refractivity (Wildman–Crippen MR) is 93.4 cm³/mol. The van der Waals surface area contributed by atoms with Crippen molar-refractivity contribution in [2.45, 2.75) is 70.6 Å². The smallest absolute Gasteiger partial charge is 0.327 e. The zero-order valence-corrected chi connectivity index (χ0v) is 15.8. The van der Waals surface area contributed by atoms with Gasteiger partial charge in [-0.25, -0.2) is 9.59 Å². The number of urea groups is 2. The molecule has 1 aliphatic carbocycles. The molecule has 2 atom stereocenters. The number of hydrogen-bond donors (Lipinski definition) is 3. The molecule has 3 N–H and O–H groups in total. The van der Waals surface area contributed by atoms with E-state index in [4.69, 9.17) is 4.74 Å². The first-order chi connectivity index (χ1) is 12.7. The third-order valence-corrected chi connectivity index (χ3v) is 4.94. The fourth-order valence-corrected chi connectivity index (χ4v) is 3.05. The minimum atomic E-state index is -1.25. The summed E-state index contributed by atoms with van der Waals surface area (Å²) in [5.74, 6) is -2.23. The summed E-state index contributed by atoms with van der Waals surface area (Å²) < 4.78 is 4.94. The summed E-state index contributed by atoms with van der Waals surface area (Å²) in [6.07, 6.45) is 2.94. The van der Waals surface area contributed by atoms with Gasteiger partial charge in [0, 0.05) is 6.04 Å². The number of imide groups is 2. The predicted octanol–water partition coefficient (Wildman–Crippen LogP) is 0.407. The Labute approximate surface area is 157 Å². The molecular weight excluding hydrogens is 356 g/mol. The lowest BCUT2D eigenvalue weighted by Gasteiger charge is -2.19. The van der Waals surface area contributed by atoms with Crippen molar-refractivity contribution in [1.29, 1.82) is 0 Å². The number of hydrogen-bond acceptors (Lipinski definition) is 6. The molecule has 2 fully saturated rings. The van der Waals surface area contributed by atoms with E-state index in [1.54, 1.807) is 13.8 Å². The van der Waals surface area contributed by atoms with Crippen LogP contribution in [0, 0.1) is 0 Å². The van der Waals surface area contributed by atoms with E-state index in [2.05, 4.69) is 16.0 Å². The fourth-order valence-electron chi connectivity index (χ4n) is 3.05. The largest absolute Gasteiger partial charge is 0.451 e. The van der Waals surface area contributed by atoms with E-state index in [-0.39, 0.29) is 6.04 Å². The summed E-state index contributed by atoms with van der Waals surface area (Å²) in [6, 6.07) is -1.28. The van der Waals surface area contributed by atoms with E-state index < -0.39 is 48.0 Å². The van der Waals surface area contributed by atoms with Crippen LogP contribution in [-0.4, -0.2) is 59.0 Å². The number of amides is 6. The zero-order chi connectivity index (χ0) is 20.2. The molecule has 150 valence electrons. The summed E-state index contributed by atoms with van der Waals surface area (Å²) in [5.41, 5.74) is -1.06. The zero-order valence-electron chi connectivity index (χ0n) is 15.8. The van der Waals surface area contributed by atoms with E-state index in [1.165, 1.54) is 6.92 Å². The highest BCUT2D eigenvalue weighted by atomic mass is 16.5. The van der Waals surface area contributed by atoms with Gasteiger partial charge >= 0.3 is 18.0 Å². The van der Waals surface area contributed by atoms with Crippen LogP contribution in [0.4, 0.5) is 9.59 Å². The van der Waals surface area contributed by atoms with Crippen molar-refractivity contribution in [1.82, 2.24) is 20.9 Å². The number of carbonyl (C=O) groups is 5. The molecule has 0 aromatic carbocycles. The Morgan fingerprint density at radius 1 is 1.30 bits per heavy atom. The Balaban J connectivity index is 1.80. The molecule has 1 heterocycles. The highest BCUT2D eigenvalue weighted by molar-refractivity contribution is 6.08. The number of ether oxygens (including phenoxy) is 1. The van der Waals surface area contributed by atoms with Gasteiger partial charge in [0.15, 0.2) is 6.10 Å². The lowest BCUT2D eigenvalue weighted by molar-refractivity contribution is -0.156. The quantitative estimate of drug-likeness (QED) is 0.450. The summed E-state index contributed by atoms with van der Waals surface area (Å²) in [7, 11) is 0. The Hall–Kier alpha value is -2.65. The third-order valence-electron chi connectivity index (χ3n) is 4.94. The maximum atomic E-state index is 12.2. The van der Waals surface area contributed by atoms with E-state index >= 15 is 0 Å². The van der Waals surface area contributed by atoms with Gasteiger partial charge in [0.2, 0.25) is 0 Å². The molecule has 0 unspecified atom stereocenters. The van der Waals surface area contributed by atoms with Crippen molar-refractivity contribution in [2.24, 2.45) is 0 Å². The average Bonchev–Trinajstić information content (AvgIpc) is 3.17. The first-order valence-corrected chi connectivity index (χ1v) is 9.11. The van der Waals surface area contributed by atoms with Crippen LogP contribution in [0.5, 0.6) is 0 Å². The van der Waals surface area contributed by atoms with Gasteiger partial charge in [-0.15, -0.1) is 0 Å². The molecule has 0 spiro atoms. The van der Waals surface area contributed by atoms with Crippen LogP contribution in [0.3, 0.4) is 0 Å². The van der Waals surface area contributed by atoms with E-state index in [0.29, 0.717) is 6.42 Å². The SMILES string of the molecule is CC[C@@]1(C)NC(=O)N(CC(=O)O[C@H](C)C(=O)NC(=O)NC2CCCC2)C1=O. The molecule has 2 rings (SSSR count). The van der Waals surface area contributed by atoms with Crippen molar-refractivity contribution >= 4 is 29.8 Å². The molecule has 27 heavy (non-hydrogen) atoms. The van der Waals surface area contributed by atoms with Crippen LogP contribution >= 0.6 is 0 Å². The Morgan fingerprint density at radius 2 is 1.93 bits per heavy atom. The van der Waals surface area contributed by atoms with Gasteiger partial charge in [0.05, 0.1) is 0 Å². The van der Waals surface area contributed by atoms with E-state index in [9.17, 15) is 24.0 Å². The molecule has 2 aliphatic rings. The first-order valence-electron chi connectivity index (χ1n) is 9.11. The highest BCUT2D eigenvalue weighted by Gasteiger charge is 2.47. The third kappa shape index (κ3) is 4.95. The van der Waals surface area contributed by atoms with Crippen molar-refractivity contribution in [3.8, 4) is 0 Å². The van der Waals surface area contributed by atoms with Crippen LogP contribution in [0.2, 0.25) is 0 Å². The molecule has 1 aliphatic heterocycles. The second-order valence-electron chi connectivity index (χ2n) is 7.08. The van der Waals surface area contributed by atoms with Crippen molar-refractivity contribution < 1.29 is 28.7 Å². The summed E-state index contributed by atoms with van der Waals surface area (Å²) in [6.45, 7) is 4.00. The maximum Gasteiger partial charge on any atom is 0.327 e. The average molecular weight is 382 g/mol. The molecule has 1 saturated heterocycles. The second kappa shape index (κ2) is 8.36. The lowest BCUT2D eigenvalue weighted by atomic mass is 9.99. The first kappa shape index (κ1) is 20.7. The molecule has 6 amide bonds. The van der Waals surface area contributed by atoms with Crippen LogP contribution in [0.1, 0.15) is 52.9 Å². The topological polar surface area (TPSA) is 134 Å². The summed E-state index contributed by atoms with van der Waals surface area (Å²) in [4.78, 5) is 60.6. The minimum absolute atomic E-state index is 0.0447. The minimum Gasteiger partial charge on any atom is -0.451 e. The van der Waals surface area contributed by atoms with Gasteiger partial charge < -0.3 is 15.4 Å². The lowest BCUT2D eigenvalue weighted by Crippen LogP contribution is -2.48. The van der Waals surface area contributed by atoms with Gasteiger partial charge in [-0.3, -0.25) is 24.6 Å². The Morgan fingerprint density at radius 3 is 2.48 bits per heavy atom. The molecule has 10 heteroatoms. The molecule has 0 aromatic rings. The maximum absolute atomic E-state index is 12.2. The molecule has 0 bridgehead atoms. The number of rotatable bonds is 6. The number of nitrogens with one attached hydrogen (secondary N) is 3.